The molecule has 0 N–H and O–H groups in total. The van der Waals surface area contributed by atoms with Crippen LogP contribution >= 0.6 is 0 Å². The third kappa shape index (κ3) is 6.08. The summed E-state index contributed by atoms with van der Waals surface area (Å²) in [6, 6.07) is 83.5. The highest BCUT2D eigenvalue weighted by molar-refractivity contribution is 6.26. The first-order valence-corrected chi connectivity index (χ1v) is 23.5. The van der Waals surface area contributed by atoms with Gasteiger partial charge < -0.3 is 9.13 Å². The molecular formula is C64H42N4. The quantitative estimate of drug-likeness (QED) is 0.167. The van der Waals surface area contributed by atoms with Gasteiger partial charge in [-0.3, -0.25) is 0 Å². The monoisotopic (exact) mass is 866 g/mol. The molecule has 68 heavy (non-hydrogen) atoms. The number of fused-ring (bicyclic) bond motifs is 12. The molecule has 0 spiro atoms. The highest BCUT2D eigenvalue weighted by Gasteiger charge is 2.30. The van der Waals surface area contributed by atoms with Crippen LogP contribution < -0.4 is 0 Å². The van der Waals surface area contributed by atoms with E-state index in [4.69, 9.17) is 9.97 Å². The summed E-state index contributed by atoms with van der Waals surface area (Å²) in [6.07, 6.45) is 1.71. The fourth-order valence-corrected chi connectivity index (χ4v) is 11.1. The van der Waals surface area contributed by atoms with Gasteiger partial charge in [-0.2, -0.15) is 0 Å². The molecule has 1 aliphatic carbocycles. The summed E-state index contributed by atoms with van der Waals surface area (Å²) in [4.78, 5) is 10.4. The lowest BCUT2D eigenvalue weighted by Crippen LogP contribution is -2.10. The van der Waals surface area contributed by atoms with Crippen LogP contribution in [0.5, 0.6) is 0 Å². The second-order valence-electron chi connectivity index (χ2n) is 18.1. The topological polar surface area (TPSA) is 35.6 Å². The normalized spacial score (nSPS) is 12.3. The molecular weight excluding hydrogens is 825 g/mol. The number of hydrogen-bond acceptors (Lipinski definition) is 2. The Hall–Kier alpha value is -8.86. The van der Waals surface area contributed by atoms with Crippen molar-refractivity contribution in [2.75, 3.05) is 0 Å². The lowest BCUT2D eigenvalue weighted by atomic mass is 9.80. The molecule has 318 valence electrons. The van der Waals surface area contributed by atoms with Crippen molar-refractivity contribution in [2.24, 2.45) is 0 Å². The minimum Gasteiger partial charge on any atom is -0.307 e. The molecule has 4 heteroatoms. The molecule has 13 aromatic rings. The van der Waals surface area contributed by atoms with Gasteiger partial charge in [-0.15, -0.1) is 0 Å². The molecule has 14 rings (SSSR count). The summed E-state index contributed by atoms with van der Waals surface area (Å²) in [7, 11) is 0. The van der Waals surface area contributed by atoms with Crippen molar-refractivity contribution >= 4 is 54.4 Å². The van der Waals surface area contributed by atoms with E-state index in [1.807, 2.05) is 24.3 Å². The molecule has 4 nitrogen and oxygen atoms in total. The fraction of sp³-hybridized carbons (Fsp3) is 0.0312. The van der Waals surface area contributed by atoms with Gasteiger partial charge in [0.2, 0.25) is 0 Å². The Kier molecular flexibility index (Phi) is 8.68. The van der Waals surface area contributed by atoms with Crippen LogP contribution in [0.25, 0.3) is 111 Å². The second-order valence-corrected chi connectivity index (χ2v) is 18.1. The van der Waals surface area contributed by atoms with Crippen molar-refractivity contribution in [3.63, 3.8) is 0 Å². The molecule has 0 saturated heterocycles. The minimum atomic E-state index is 0.702. The van der Waals surface area contributed by atoms with Crippen molar-refractivity contribution in [1.82, 2.24) is 19.1 Å². The van der Waals surface area contributed by atoms with Gasteiger partial charge in [-0.1, -0.05) is 188 Å². The van der Waals surface area contributed by atoms with E-state index in [1.165, 1.54) is 87.8 Å². The Morgan fingerprint density at radius 1 is 0.324 bits per heavy atom. The van der Waals surface area contributed by atoms with Gasteiger partial charge in [0.1, 0.15) is 0 Å². The van der Waals surface area contributed by atoms with Crippen molar-refractivity contribution in [3.05, 3.63) is 253 Å². The van der Waals surface area contributed by atoms with Crippen LogP contribution in [-0.2, 0) is 12.8 Å². The van der Waals surface area contributed by atoms with Crippen LogP contribution in [0.2, 0.25) is 0 Å². The third-order valence-electron chi connectivity index (χ3n) is 14.2. The molecule has 1 aliphatic rings. The average Bonchev–Trinajstić information content (AvgIpc) is 3.95. The van der Waals surface area contributed by atoms with Crippen LogP contribution in [0, 0.1) is 0 Å². The van der Waals surface area contributed by atoms with E-state index in [9.17, 15) is 0 Å². The zero-order valence-corrected chi connectivity index (χ0v) is 37.1. The fourth-order valence-electron chi connectivity index (χ4n) is 11.1. The summed E-state index contributed by atoms with van der Waals surface area (Å²) in [5.41, 5.74) is 19.9. The molecule has 0 saturated carbocycles. The number of nitrogens with zero attached hydrogens (tertiary/aromatic N) is 4. The first-order valence-electron chi connectivity index (χ1n) is 23.5. The van der Waals surface area contributed by atoms with Crippen LogP contribution in [0.4, 0.5) is 0 Å². The van der Waals surface area contributed by atoms with Crippen LogP contribution in [0.3, 0.4) is 0 Å². The van der Waals surface area contributed by atoms with Crippen molar-refractivity contribution in [3.8, 4) is 56.4 Å². The Morgan fingerprint density at radius 3 is 1.37 bits per heavy atom. The standard InChI is InChI=1S/C64H42N4/c1-4-17-41(18-5-1)42-31-33-50(34-32-42)67-58-29-14-12-27-52(58)60-54-38-48-35-45-23-10-11-24-46(45)36-49(48)39-55(54)61-53-28-13-15-30-59(53)68(63(61)62(60)67)51-26-16-25-47(37-51)57-40-56(43-19-6-2-7-20-43)65-64(66-57)44-21-8-3-9-22-44/h1-37,40H,38-39H2. The Bertz CT molecular complexity index is 4050. The number of rotatable bonds is 6. The average molecular weight is 867 g/mol. The molecule has 10 aromatic carbocycles. The molecule has 0 unspecified atom stereocenters. The van der Waals surface area contributed by atoms with Crippen LogP contribution in [-0.4, -0.2) is 19.1 Å². The second kappa shape index (κ2) is 15.4. The maximum absolute atomic E-state index is 5.28. The first-order chi connectivity index (χ1) is 33.7. The van der Waals surface area contributed by atoms with Gasteiger partial charge in [0.15, 0.2) is 5.82 Å². The van der Waals surface area contributed by atoms with Crippen molar-refractivity contribution < 1.29 is 0 Å². The predicted octanol–water partition coefficient (Wildman–Crippen LogP) is 16.0. The number of aromatic nitrogens is 4. The molecule has 0 amide bonds. The number of hydrogen-bond donors (Lipinski definition) is 0. The maximum atomic E-state index is 5.28. The smallest absolute Gasteiger partial charge is 0.160 e. The summed E-state index contributed by atoms with van der Waals surface area (Å²) in [5.74, 6) is 0.702. The molecule has 0 aliphatic heterocycles. The van der Waals surface area contributed by atoms with E-state index in [0.717, 1.165) is 52.3 Å². The Balaban J connectivity index is 1.08. The molecule has 0 bridgehead atoms. The van der Waals surface area contributed by atoms with Gasteiger partial charge >= 0.3 is 0 Å². The summed E-state index contributed by atoms with van der Waals surface area (Å²) >= 11 is 0. The van der Waals surface area contributed by atoms with Crippen molar-refractivity contribution in [2.45, 2.75) is 12.8 Å². The predicted molar refractivity (Wildman–Crippen MR) is 282 cm³/mol. The summed E-state index contributed by atoms with van der Waals surface area (Å²) < 4.78 is 5.08. The van der Waals surface area contributed by atoms with Crippen molar-refractivity contribution in [1.29, 1.82) is 0 Å². The maximum Gasteiger partial charge on any atom is 0.160 e. The van der Waals surface area contributed by atoms with Gasteiger partial charge in [-0.05, 0) is 99.5 Å². The van der Waals surface area contributed by atoms with E-state index >= 15 is 0 Å². The third-order valence-corrected chi connectivity index (χ3v) is 14.2. The zero-order chi connectivity index (χ0) is 44.7. The lowest BCUT2D eigenvalue weighted by Gasteiger charge is -2.24. The number of para-hydroxylation sites is 2. The van der Waals surface area contributed by atoms with E-state index in [1.54, 1.807) is 0 Å². The summed E-state index contributed by atoms with van der Waals surface area (Å²) in [5, 5.41) is 7.75. The van der Waals surface area contributed by atoms with Crippen LogP contribution in [0.1, 0.15) is 22.3 Å². The van der Waals surface area contributed by atoms with Gasteiger partial charge in [0.25, 0.3) is 0 Å². The van der Waals surface area contributed by atoms with Gasteiger partial charge in [-0.25, -0.2) is 9.97 Å². The molecule has 3 aromatic heterocycles. The molecule has 3 heterocycles. The lowest BCUT2D eigenvalue weighted by molar-refractivity contribution is 1.03. The zero-order valence-electron chi connectivity index (χ0n) is 37.1. The van der Waals surface area contributed by atoms with Gasteiger partial charge in [0.05, 0.1) is 33.5 Å². The largest absolute Gasteiger partial charge is 0.307 e. The summed E-state index contributed by atoms with van der Waals surface area (Å²) in [6.45, 7) is 0. The minimum absolute atomic E-state index is 0.702. The van der Waals surface area contributed by atoms with E-state index < -0.39 is 0 Å². The van der Waals surface area contributed by atoms with E-state index in [-0.39, 0.29) is 0 Å². The first kappa shape index (κ1) is 38.4. The van der Waals surface area contributed by atoms with Gasteiger partial charge in [0, 0.05) is 49.6 Å². The molecule has 0 fully saturated rings. The SMILES string of the molecule is c1ccc(-c2ccc(-n3c4ccccc4c4c5c(c6c7ccccc7n(-c7cccc(-c8cc(-c9ccccc9)nc(-c9ccccc9)n8)c7)c6c43)Cc3cc4ccccc4cc3C5)cc2)cc1. The highest BCUT2D eigenvalue weighted by atomic mass is 15.0. The molecule has 0 radical (unpaired) electrons. The number of benzene rings is 10. The molecule has 0 atom stereocenters. The Labute approximate surface area is 393 Å². The van der Waals surface area contributed by atoms with E-state index in [0.29, 0.717) is 5.82 Å². The van der Waals surface area contributed by atoms with Crippen LogP contribution in [0.15, 0.2) is 231 Å². The highest BCUT2D eigenvalue weighted by Crippen LogP contribution is 2.49. The Morgan fingerprint density at radius 2 is 0.779 bits per heavy atom. The van der Waals surface area contributed by atoms with E-state index in [2.05, 4.69) is 215 Å².